The molecule has 6 atom stereocenters. The van der Waals surface area contributed by atoms with Crippen molar-refractivity contribution < 1.29 is 208 Å². The van der Waals surface area contributed by atoms with Gasteiger partial charge in [0.25, 0.3) is 0 Å². The van der Waals surface area contributed by atoms with E-state index in [0.717, 1.165) is 43.7 Å². The average Bonchev–Trinajstić information content (AvgIpc) is 1.38. The van der Waals surface area contributed by atoms with Gasteiger partial charge >= 0.3 is 0 Å². The first kappa shape index (κ1) is 43.3. The number of hydrogen-bond donors (Lipinski definition) is 6. The van der Waals surface area contributed by atoms with E-state index in [1.807, 2.05) is 0 Å². The minimum absolute atomic E-state index is 0.0347. The van der Waals surface area contributed by atoms with Crippen LogP contribution in [0.4, 0.5) is 0 Å². The van der Waals surface area contributed by atoms with Gasteiger partial charge in [-0.1, -0.05) is 72.6 Å². The number of aromatic amines is 6. The van der Waals surface area contributed by atoms with Crippen molar-refractivity contribution in [2.45, 2.75) is 145 Å². The third kappa shape index (κ3) is 33.3. The molecule has 0 saturated heterocycles. The van der Waals surface area contributed by atoms with Crippen LogP contribution in [0.25, 0.3) is 66.2 Å². The van der Waals surface area contributed by atoms with Crippen molar-refractivity contribution in [1.29, 1.82) is 0 Å². The molecule has 0 fully saturated rings. The molecular weight excluding hydrogens is 2030 g/mol. The van der Waals surface area contributed by atoms with Gasteiger partial charge in [0.05, 0.1) is 324 Å². The molecule has 12 heterocycles. The minimum Gasteiger partial charge on any atom is -0.493 e. The Balaban J connectivity index is 0.000000229. The van der Waals surface area contributed by atoms with Gasteiger partial charge in [0.1, 0.15) is 34.5 Å². The Labute approximate surface area is 1010 Å². The maximum atomic E-state index is 13.4. The molecule has 0 aliphatic heterocycles. The number of benzene rings is 6. The van der Waals surface area contributed by atoms with Crippen LogP contribution in [0.2, 0.25) is 0 Å². The summed E-state index contributed by atoms with van der Waals surface area (Å²) in [6.07, 6.45) is -21.4. The summed E-state index contributed by atoms with van der Waals surface area (Å²) in [4.78, 5) is 61.9. The molecule has 0 spiro atoms. The number of hydrogen-bond acceptors (Lipinski definition) is 30. The van der Waals surface area contributed by atoms with Gasteiger partial charge in [0.15, 0.2) is 30.9 Å². The molecule has 42 heteroatoms. The number of ether oxygens (including phenoxy) is 12. The maximum absolute atomic E-state index is 13.4. The Bertz CT molecular complexity index is 12000. The lowest BCUT2D eigenvalue weighted by Gasteiger charge is -2.11. The lowest BCUT2D eigenvalue weighted by atomic mass is 10.2. The topological polar surface area (TPSA) is 463 Å². The number of rotatable bonds is 48. The Morgan fingerprint density at radius 2 is 0.500 bits per heavy atom. The number of aromatic nitrogens is 18. The molecular formula is C108H126N18O18S6. The van der Waals surface area contributed by atoms with Gasteiger partial charge in [-0.25, -0.2) is 29.9 Å². The van der Waals surface area contributed by atoms with Crippen molar-refractivity contribution in [3.63, 3.8) is 0 Å². The number of fused-ring (bicyclic) bond motifs is 6. The molecule has 6 unspecified atom stereocenters. The third-order valence-corrected chi connectivity index (χ3v) is 23.8. The summed E-state index contributed by atoms with van der Waals surface area (Å²) in [6.45, 7) is -55.9. The van der Waals surface area contributed by atoms with Gasteiger partial charge in [0.2, 0.25) is 0 Å². The summed E-state index contributed by atoms with van der Waals surface area (Å²) in [5.41, 5.74) is -18.0. The Hall–Kier alpha value is -13.5. The standard InChI is InChI=1S/6C18H21N3O3S/c6*1-13-16(19-9-8-17(13)24-11-5-10-23-2)12-25(22)18-20-14-6-3-4-7-15(14)21-18/h6*3-4,6-9H,5,10-12H2,1-2H3,(H,20,21)/i2D3,3D,4D,5D2,6D,7D,8D,9D,10D2,11D2,12D2;2D3,3D,4D,5D2,6D,7D,8D,9D,10D2,11D2;1D3,2D3,3D,4D,5D2,6D,7D,10D2,11D2,12D2;1D3,2D3,3D,4D,5D2,6D,7D,10D2,11D2;1D3,2D3,5D2,10D2,11D2,12D2;1D3,2D3,5D2,10D2,11D2. The molecule has 18 rings (SSSR count). The highest BCUT2D eigenvalue weighted by atomic mass is 32.2. The number of H-pyrrole nitrogens is 6. The first-order valence-electron chi connectivity index (χ1n) is 86.1. The summed E-state index contributed by atoms with van der Waals surface area (Å²) in [6, 6.07) is 5.51. The summed E-state index contributed by atoms with van der Waals surface area (Å²) in [5.74, 6) is -7.12. The number of methoxy groups -OCH3 is 6. The summed E-state index contributed by atoms with van der Waals surface area (Å²) >= 11 is 0. The van der Waals surface area contributed by atoms with Gasteiger partial charge in [0, 0.05) is 231 Å². The van der Waals surface area contributed by atoms with Crippen molar-refractivity contribution in [2.24, 2.45) is 0 Å². The van der Waals surface area contributed by atoms with Gasteiger partial charge < -0.3 is 86.7 Å². The van der Waals surface area contributed by atoms with Crippen LogP contribution >= 0.6 is 0 Å². The van der Waals surface area contributed by atoms with Crippen LogP contribution < -0.4 is 28.4 Å². The van der Waals surface area contributed by atoms with E-state index in [2.05, 4.69) is 118 Å². The molecule has 0 saturated carbocycles. The second-order valence-corrected chi connectivity index (χ2v) is 34.2. The fourth-order valence-electron chi connectivity index (χ4n) is 10.9. The molecule has 0 radical (unpaired) electrons. The molecule has 150 heavy (non-hydrogen) atoms. The van der Waals surface area contributed by atoms with Crippen molar-refractivity contribution in [1.82, 2.24) is 89.7 Å². The molecule has 6 aromatic carbocycles. The first-order chi connectivity index (χ1) is 109. The highest BCUT2D eigenvalue weighted by Crippen LogP contribution is 2.31. The van der Waals surface area contributed by atoms with Gasteiger partial charge in [-0.2, -0.15) is 0 Å². The molecule has 0 aliphatic rings. The summed E-state index contributed by atoms with van der Waals surface area (Å²) < 4.78 is 848. The lowest BCUT2D eigenvalue weighted by Crippen LogP contribution is -2.06. The SMILES string of the molecule is [2H]C([2H])([2H])OC([2H])([2H])C([2H])([2H])C([2H])([2H])Oc1ccnc(C([2H])([2H])S(=O)c2nc3ccccc3[nH]2)c1C([2H])([2H])[2H].[2H]C([2H])([2H])OC([2H])([2H])C([2H])([2H])C([2H])([2H])Oc1ccnc(CS(=O)c2nc3ccccc3[nH]2)c1C([2H])([2H])[2H].[2H]c1c([2H])c([2H])c2[nH]c(S(=O)C([2H])([2H])c3nccc(OC([2H])([2H])C([2H])([2H])C([2H])([2H])OC([2H])([2H])[2H])c3C([2H])([2H])[2H])nc2c1[2H].[2H]c1c([2H])c([2H])c2[nH]c(S(=O)Cc3nccc(OC([2H])([2H])C([2H])([2H])C([2H])([2H])OC([2H])([2H])[2H])c3C([2H])([2H])[2H])nc2c1[2H].[2H]c1nc(C([2H])([2H])S(=O)c2nc3c([2H])c([2H])c([2H])c([2H])c3[nH]2)c(C)c(OC([2H])([2H])C([2H])([2H])C([2H])([2H])OC([2H])([2H])[2H])c1[2H].[2H]c1nc(CS(=O)c2nc3c([2H])c([2H])c([2H])c([2H])c3[nH]2)c(C)c(OC([2H])([2H])C([2H])([2H])C([2H])([2H])OC([2H])([2H])[2H])c1[2H]. The smallest absolute Gasteiger partial charge is 0.197 e. The predicted molar refractivity (Wildman–Crippen MR) is 583 cm³/mol. The number of nitrogens with one attached hydrogen (secondary N) is 6. The van der Waals surface area contributed by atoms with Gasteiger partial charge in [-0.15, -0.1) is 0 Å². The zero-order chi connectivity index (χ0) is 186. The molecule has 792 valence electrons. The van der Waals surface area contributed by atoms with Crippen LogP contribution in [0.3, 0.4) is 0 Å². The normalized spacial score (nSPS) is 24.2. The highest BCUT2D eigenvalue weighted by molar-refractivity contribution is 7.85. The number of imidazole rings is 6. The van der Waals surface area contributed by atoms with E-state index in [0.29, 0.717) is 34.3 Å². The first-order valence-corrected chi connectivity index (χ1v) is 47.5. The van der Waals surface area contributed by atoms with Gasteiger partial charge in [-0.05, 0) is 150 Å². The highest BCUT2D eigenvalue weighted by Gasteiger charge is 2.24. The average molecular weight is 2250 g/mol. The van der Waals surface area contributed by atoms with Crippen LogP contribution in [0.15, 0.2) is 250 Å². The molecule has 0 bridgehead atoms. The predicted octanol–water partition coefficient (Wildman–Crippen LogP) is 17.9. The molecule has 6 N–H and O–H groups in total. The van der Waals surface area contributed by atoms with Crippen molar-refractivity contribution >= 4 is 131 Å². The van der Waals surface area contributed by atoms with E-state index in [-0.39, 0.29) is 76.2 Å². The van der Waals surface area contributed by atoms with Crippen LogP contribution in [-0.4, -0.2) is 236 Å². The van der Waals surface area contributed by atoms with E-state index in [4.69, 9.17) is 155 Å². The summed E-state index contributed by atoms with van der Waals surface area (Å²) in [7, 11) is -35.8. The minimum atomic E-state index is -3.94. The van der Waals surface area contributed by atoms with Crippen molar-refractivity contribution in [2.75, 3.05) is 121 Å². The number of pyridine rings is 6. The Morgan fingerprint density at radius 3 is 0.800 bits per heavy atom. The fourth-order valence-corrected chi connectivity index (χ4v) is 16.5. The number of nitrogens with zero attached hydrogens (tertiary/aromatic N) is 12. The lowest BCUT2D eigenvalue weighted by molar-refractivity contribution is 0.171. The molecule has 18 aromatic rings. The monoisotopic (exact) mass is 2250 g/mol. The van der Waals surface area contributed by atoms with Crippen molar-refractivity contribution in [3.8, 4) is 34.5 Å². The largest absolute Gasteiger partial charge is 0.493 e. The molecule has 36 nitrogen and oxygen atoms in total. The van der Waals surface area contributed by atoms with Crippen LogP contribution in [0.1, 0.15) is 232 Å². The number of para-hydroxylation sites is 12. The Kier molecular flexibility index (Phi) is 17.3. The van der Waals surface area contributed by atoms with E-state index in [9.17, 15) is 25.3 Å². The van der Waals surface area contributed by atoms with Crippen LogP contribution in [0, 0.1) is 41.3 Å². The van der Waals surface area contributed by atoms with E-state index < -0.39 is 508 Å². The van der Waals surface area contributed by atoms with Crippen LogP contribution in [0.5, 0.6) is 34.5 Å². The molecule has 0 aliphatic carbocycles. The second kappa shape index (κ2) is 59.8. The molecule has 12 aromatic heterocycles. The zero-order valence-electron chi connectivity index (χ0n) is 167. The van der Waals surface area contributed by atoms with Crippen LogP contribution in [-0.2, 0) is 128 Å². The summed E-state index contributed by atoms with van der Waals surface area (Å²) in [5, 5.41) is -2.33. The Morgan fingerprint density at radius 1 is 0.260 bits per heavy atom. The van der Waals surface area contributed by atoms with E-state index in [1.54, 1.807) is 48.5 Å². The molecule has 0 amide bonds. The second-order valence-electron chi connectivity index (χ2n) is 26.7. The van der Waals surface area contributed by atoms with Gasteiger partial charge in [-0.3, -0.25) is 55.2 Å². The van der Waals surface area contributed by atoms with E-state index in [1.165, 1.54) is 6.92 Å². The van der Waals surface area contributed by atoms with Crippen molar-refractivity contribution in [3.05, 3.63) is 286 Å². The maximum Gasteiger partial charge on any atom is 0.197 e. The van der Waals surface area contributed by atoms with E-state index >= 15 is 0 Å². The fraction of sp³-hybridized carbons (Fsp3) is 0.333. The zero-order valence-corrected chi connectivity index (χ0v) is 79.9. The quantitative estimate of drug-likeness (QED) is 0.0206. The third-order valence-electron chi connectivity index (χ3n) is 17.6.